The molecule has 2 aromatic rings. The van der Waals surface area contributed by atoms with Crippen LogP contribution < -0.4 is 0 Å². The molecule has 18 heavy (non-hydrogen) atoms. The van der Waals surface area contributed by atoms with Crippen LogP contribution in [-0.4, -0.2) is 22.0 Å². The van der Waals surface area contributed by atoms with Crippen LogP contribution in [0.2, 0.25) is 5.02 Å². The molecular weight excluding hydrogens is 258 g/mol. The molecule has 2 rings (SSSR count). The maximum atomic E-state index is 11.4. The van der Waals surface area contributed by atoms with E-state index in [2.05, 4.69) is 10.2 Å². The maximum Gasteiger partial charge on any atom is 0.312 e. The summed E-state index contributed by atoms with van der Waals surface area (Å²) in [6.07, 6.45) is 1.51. The summed E-state index contributed by atoms with van der Waals surface area (Å²) in [5, 5.41) is 3.28. The summed E-state index contributed by atoms with van der Waals surface area (Å²) >= 11 is 5.95. The van der Waals surface area contributed by atoms with Gasteiger partial charge in [0.1, 0.15) is 5.69 Å². The molecule has 0 unspecified atom stereocenters. The summed E-state index contributed by atoms with van der Waals surface area (Å²) in [7, 11) is 0. The monoisotopic (exact) mass is 267 g/mol. The molecule has 0 aliphatic heterocycles. The predicted molar refractivity (Wildman–Crippen MR) is 66.0 cm³/mol. The molecule has 0 aliphatic carbocycles. The maximum absolute atomic E-state index is 11.4. The Morgan fingerprint density at radius 1 is 1.61 bits per heavy atom. The van der Waals surface area contributed by atoms with Crippen LogP contribution in [0.5, 0.6) is 0 Å². The van der Waals surface area contributed by atoms with E-state index in [0.717, 1.165) is 0 Å². The highest BCUT2D eigenvalue weighted by atomic mass is 35.5. The minimum Gasteiger partial charge on any atom is -0.466 e. The van der Waals surface area contributed by atoms with Gasteiger partial charge in [0.2, 0.25) is 5.82 Å². The number of fused-ring (bicyclic) bond motifs is 1. The van der Waals surface area contributed by atoms with Crippen molar-refractivity contribution in [2.45, 2.75) is 13.3 Å². The zero-order valence-electron chi connectivity index (χ0n) is 9.59. The molecule has 0 bridgehead atoms. The van der Waals surface area contributed by atoms with Crippen molar-refractivity contribution in [3.05, 3.63) is 34.0 Å². The van der Waals surface area contributed by atoms with E-state index in [1.165, 1.54) is 4.40 Å². The van der Waals surface area contributed by atoms with Gasteiger partial charge in [0.05, 0.1) is 18.1 Å². The Morgan fingerprint density at radius 2 is 2.39 bits per heavy atom. The van der Waals surface area contributed by atoms with Gasteiger partial charge in [-0.15, -0.1) is 4.91 Å². The summed E-state index contributed by atoms with van der Waals surface area (Å²) in [5.41, 5.74) is 0.657. The van der Waals surface area contributed by atoms with Crippen LogP contribution in [-0.2, 0) is 16.0 Å². The van der Waals surface area contributed by atoms with Gasteiger partial charge in [0.25, 0.3) is 0 Å². The van der Waals surface area contributed by atoms with Crippen molar-refractivity contribution in [3.8, 4) is 0 Å². The Hall–Kier alpha value is -1.95. The predicted octanol–water partition coefficient (Wildman–Crippen LogP) is 2.49. The lowest BCUT2D eigenvalue weighted by Gasteiger charge is -1.98. The number of carbonyl (C=O) groups excluding carboxylic acids is 1. The standard InChI is InChI=1S/C11H10ClN3O3/c1-2-18-9(16)6-8-11(14-17)15-5-3-4-7(12)10(15)13-8/h3-5H,2,6H2,1H3. The fourth-order valence-corrected chi connectivity index (χ4v) is 1.84. The Bertz CT molecular complexity index is 609. The van der Waals surface area contributed by atoms with Crippen LogP contribution in [0.4, 0.5) is 5.82 Å². The first-order valence-corrected chi connectivity index (χ1v) is 5.69. The first kappa shape index (κ1) is 12.5. The summed E-state index contributed by atoms with van der Waals surface area (Å²) in [4.78, 5) is 26.4. The third-order valence-corrected chi connectivity index (χ3v) is 2.65. The SMILES string of the molecule is CCOC(=O)Cc1nc2c(Cl)cccn2c1N=O. The molecule has 0 N–H and O–H groups in total. The number of carbonyl (C=O) groups is 1. The molecule has 6 nitrogen and oxygen atoms in total. The first-order chi connectivity index (χ1) is 8.67. The van der Waals surface area contributed by atoms with Gasteiger partial charge in [0.15, 0.2) is 5.65 Å². The summed E-state index contributed by atoms with van der Waals surface area (Å²) in [6, 6.07) is 3.31. The molecule has 94 valence electrons. The van der Waals surface area contributed by atoms with Gasteiger partial charge in [-0.3, -0.25) is 9.20 Å². The molecule has 0 spiro atoms. The number of rotatable bonds is 4. The smallest absolute Gasteiger partial charge is 0.312 e. The average molecular weight is 268 g/mol. The molecule has 0 aliphatic rings. The number of esters is 1. The number of nitrogens with zero attached hydrogens (tertiary/aromatic N) is 3. The summed E-state index contributed by atoms with van der Waals surface area (Å²) in [5.74, 6) is -0.387. The number of pyridine rings is 1. The van der Waals surface area contributed by atoms with Gasteiger partial charge in [-0.25, -0.2) is 4.98 Å². The Balaban J connectivity index is 2.47. The third-order valence-electron chi connectivity index (χ3n) is 2.35. The zero-order chi connectivity index (χ0) is 13.1. The van der Waals surface area contributed by atoms with E-state index >= 15 is 0 Å². The van der Waals surface area contributed by atoms with Crippen molar-refractivity contribution >= 4 is 29.0 Å². The number of ether oxygens (including phenoxy) is 1. The lowest BCUT2D eigenvalue weighted by Crippen LogP contribution is -2.07. The Labute approximate surface area is 108 Å². The summed E-state index contributed by atoms with van der Waals surface area (Å²) in [6.45, 7) is 1.98. The second kappa shape index (κ2) is 5.14. The molecule has 0 saturated heterocycles. The second-order valence-electron chi connectivity index (χ2n) is 3.50. The number of nitroso groups, excluding NO2 is 1. The molecule has 0 saturated carbocycles. The van der Waals surface area contributed by atoms with Gasteiger partial charge in [-0.2, -0.15) is 0 Å². The fourth-order valence-electron chi connectivity index (χ4n) is 1.63. The highest BCUT2D eigenvalue weighted by Crippen LogP contribution is 2.26. The molecule has 7 heteroatoms. The normalized spacial score (nSPS) is 10.6. The van der Waals surface area contributed by atoms with Crippen LogP contribution in [0.15, 0.2) is 23.5 Å². The van der Waals surface area contributed by atoms with Gasteiger partial charge in [-0.1, -0.05) is 11.6 Å². The van der Waals surface area contributed by atoms with Crippen LogP contribution >= 0.6 is 11.6 Å². The van der Waals surface area contributed by atoms with Crippen molar-refractivity contribution in [1.29, 1.82) is 0 Å². The number of halogens is 1. The first-order valence-electron chi connectivity index (χ1n) is 5.31. The lowest BCUT2D eigenvalue weighted by atomic mass is 10.3. The molecule has 0 aromatic carbocycles. The van der Waals surface area contributed by atoms with Crippen molar-refractivity contribution in [1.82, 2.24) is 9.38 Å². The van der Waals surface area contributed by atoms with E-state index in [1.54, 1.807) is 25.3 Å². The van der Waals surface area contributed by atoms with Crippen LogP contribution in [0.3, 0.4) is 0 Å². The number of imidazole rings is 1. The van der Waals surface area contributed by atoms with Crippen LogP contribution in [0.25, 0.3) is 5.65 Å². The minimum absolute atomic E-state index is 0.0700. The lowest BCUT2D eigenvalue weighted by molar-refractivity contribution is -0.142. The van der Waals surface area contributed by atoms with E-state index in [4.69, 9.17) is 16.3 Å². The van der Waals surface area contributed by atoms with Gasteiger partial charge >= 0.3 is 5.97 Å². The highest BCUT2D eigenvalue weighted by Gasteiger charge is 2.17. The number of hydrogen-bond donors (Lipinski definition) is 0. The van der Waals surface area contributed by atoms with Gasteiger partial charge in [-0.05, 0) is 24.2 Å². The molecule has 0 amide bonds. The number of hydrogen-bond acceptors (Lipinski definition) is 5. The molecular formula is C11H10ClN3O3. The summed E-state index contributed by atoms with van der Waals surface area (Å²) < 4.78 is 6.25. The molecule has 2 heterocycles. The molecule has 0 fully saturated rings. The Kier molecular flexibility index (Phi) is 3.57. The van der Waals surface area contributed by atoms with Crippen molar-refractivity contribution < 1.29 is 9.53 Å². The van der Waals surface area contributed by atoms with E-state index < -0.39 is 5.97 Å². The van der Waals surface area contributed by atoms with E-state index in [1.807, 2.05) is 0 Å². The second-order valence-corrected chi connectivity index (χ2v) is 3.91. The third kappa shape index (κ3) is 2.19. The quantitative estimate of drug-likeness (QED) is 0.630. The molecule has 2 aromatic heterocycles. The van der Waals surface area contributed by atoms with Crippen molar-refractivity contribution in [2.24, 2.45) is 5.18 Å². The highest BCUT2D eigenvalue weighted by molar-refractivity contribution is 6.33. The minimum atomic E-state index is -0.457. The van der Waals surface area contributed by atoms with Crippen LogP contribution in [0, 0.1) is 4.91 Å². The largest absolute Gasteiger partial charge is 0.466 e. The van der Waals surface area contributed by atoms with E-state index in [0.29, 0.717) is 10.7 Å². The fraction of sp³-hybridized carbons (Fsp3) is 0.273. The van der Waals surface area contributed by atoms with E-state index in [9.17, 15) is 9.70 Å². The molecule has 0 radical (unpaired) electrons. The van der Waals surface area contributed by atoms with Gasteiger partial charge < -0.3 is 4.74 Å². The topological polar surface area (TPSA) is 73.0 Å². The molecule has 0 atom stereocenters. The van der Waals surface area contributed by atoms with Crippen molar-refractivity contribution in [3.63, 3.8) is 0 Å². The van der Waals surface area contributed by atoms with Crippen molar-refractivity contribution in [2.75, 3.05) is 6.61 Å². The van der Waals surface area contributed by atoms with Gasteiger partial charge in [0, 0.05) is 6.20 Å². The number of aromatic nitrogens is 2. The van der Waals surface area contributed by atoms with Crippen LogP contribution in [0.1, 0.15) is 12.6 Å². The van der Waals surface area contributed by atoms with E-state index in [-0.39, 0.29) is 24.5 Å². The zero-order valence-corrected chi connectivity index (χ0v) is 10.3. The Morgan fingerprint density at radius 3 is 3.06 bits per heavy atom. The average Bonchev–Trinajstić information content (AvgIpc) is 2.68.